The maximum atomic E-state index is 11.6. The van der Waals surface area contributed by atoms with Crippen molar-refractivity contribution >= 4 is 17.2 Å². The lowest BCUT2D eigenvalue weighted by atomic mass is 9.76. The molecule has 4 nitrogen and oxygen atoms in total. The van der Waals surface area contributed by atoms with Crippen LogP contribution in [0.4, 0.5) is 0 Å². The molecule has 1 aromatic rings. The molecule has 1 aliphatic heterocycles. The number of likely N-dealkylation sites (tertiary alicyclic amines) is 1. The number of nitrogens with two attached hydrogens (primary N) is 1. The van der Waals surface area contributed by atoms with Gasteiger partial charge in [-0.1, -0.05) is 24.3 Å². The predicted octanol–water partition coefficient (Wildman–Crippen LogP) is 2.55. The van der Waals surface area contributed by atoms with Gasteiger partial charge < -0.3 is 5.73 Å². The summed E-state index contributed by atoms with van der Waals surface area (Å²) in [6.45, 7) is 3.97. The monoisotopic (exact) mass is 317 g/mol. The highest BCUT2D eigenvalue weighted by atomic mass is 32.1. The Labute approximate surface area is 135 Å². The molecule has 1 aromatic heterocycles. The Balaban J connectivity index is 1.78. The number of aromatic nitrogens is 1. The molecule has 22 heavy (non-hydrogen) atoms. The van der Waals surface area contributed by atoms with E-state index in [0.717, 1.165) is 44.5 Å². The van der Waals surface area contributed by atoms with E-state index in [1.54, 1.807) is 11.3 Å². The van der Waals surface area contributed by atoms with Crippen LogP contribution in [0.15, 0.2) is 29.8 Å². The fourth-order valence-electron chi connectivity index (χ4n) is 3.67. The van der Waals surface area contributed by atoms with E-state index in [0.29, 0.717) is 0 Å². The molecule has 1 unspecified atom stereocenters. The van der Waals surface area contributed by atoms with Crippen molar-refractivity contribution in [2.45, 2.75) is 44.1 Å². The molecule has 0 aromatic carbocycles. The summed E-state index contributed by atoms with van der Waals surface area (Å²) in [6, 6.07) is -0.0808. The molecule has 1 amide bonds. The first kappa shape index (κ1) is 15.4. The van der Waals surface area contributed by atoms with E-state index in [-0.39, 0.29) is 17.4 Å². The van der Waals surface area contributed by atoms with E-state index in [4.69, 9.17) is 5.73 Å². The first-order valence-corrected chi connectivity index (χ1v) is 8.79. The summed E-state index contributed by atoms with van der Waals surface area (Å²) in [5.41, 5.74) is 8.61. The van der Waals surface area contributed by atoms with E-state index in [1.807, 2.05) is 5.51 Å². The molecule has 5 heteroatoms. The molecule has 3 rings (SSSR count). The van der Waals surface area contributed by atoms with Crippen molar-refractivity contribution in [2.75, 3.05) is 13.1 Å². The maximum Gasteiger partial charge on any atom is 0.234 e. The van der Waals surface area contributed by atoms with E-state index in [9.17, 15) is 4.79 Å². The zero-order valence-electron chi connectivity index (χ0n) is 13.0. The molecular weight excluding hydrogens is 294 g/mol. The second kappa shape index (κ2) is 6.34. The topological polar surface area (TPSA) is 59.2 Å². The molecule has 2 atom stereocenters. The molecule has 1 fully saturated rings. The number of hydrogen-bond acceptors (Lipinski definition) is 4. The van der Waals surface area contributed by atoms with Crippen LogP contribution in [-0.2, 0) is 10.2 Å². The second-order valence-electron chi connectivity index (χ2n) is 6.26. The fraction of sp³-hybridized carbons (Fsp3) is 0.529. The molecule has 2 aliphatic rings. The van der Waals surface area contributed by atoms with Gasteiger partial charge in [-0.2, -0.15) is 0 Å². The number of hydrogen-bond donors (Lipinski definition) is 1. The lowest BCUT2D eigenvalue weighted by Gasteiger charge is -2.33. The van der Waals surface area contributed by atoms with Gasteiger partial charge in [0.2, 0.25) is 5.91 Å². The number of allylic oxidation sites excluding steroid dienone is 4. The first-order valence-electron chi connectivity index (χ1n) is 7.91. The van der Waals surface area contributed by atoms with Gasteiger partial charge >= 0.3 is 0 Å². The summed E-state index contributed by atoms with van der Waals surface area (Å²) in [5.74, 6) is -0.181. The van der Waals surface area contributed by atoms with Crippen molar-refractivity contribution in [3.63, 3.8) is 0 Å². The lowest BCUT2D eigenvalue weighted by molar-refractivity contribution is -0.122. The van der Waals surface area contributed by atoms with Crippen LogP contribution < -0.4 is 5.73 Å². The minimum atomic E-state index is -0.181. The molecule has 0 saturated carbocycles. The Bertz CT molecular complexity index is 607. The summed E-state index contributed by atoms with van der Waals surface area (Å²) >= 11 is 1.74. The van der Waals surface area contributed by atoms with Gasteiger partial charge in [0.1, 0.15) is 0 Å². The highest BCUT2D eigenvalue weighted by Gasteiger charge is 2.35. The average molecular weight is 317 g/mol. The number of aryl methyl sites for hydroxylation is 1. The number of rotatable bonds is 5. The molecule has 0 bridgehead atoms. The molecule has 1 saturated heterocycles. The maximum absolute atomic E-state index is 11.6. The smallest absolute Gasteiger partial charge is 0.234 e. The van der Waals surface area contributed by atoms with E-state index in [1.165, 1.54) is 4.88 Å². The third-order valence-corrected chi connectivity index (χ3v) is 6.03. The molecule has 2 heterocycles. The fourth-order valence-corrected chi connectivity index (χ4v) is 4.70. The van der Waals surface area contributed by atoms with Crippen molar-refractivity contribution in [1.82, 2.24) is 9.88 Å². The Hall–Kier alpha value is -1.46. The van der Waals surface area contributed by atoms with E-state index in [2.05, 4.69) is 41.1 Å². The predicted molar refractivity (Wildman–Crippen MR) is 89.8 cm³/mol. The van der Waals surface area contributed by atoms with Crippen molar-refractivity contribution in [3.8, 4) is 0 Å². The number of nitrogens with zero attached hydrogens (tertiary/aromatic N) is 2. The van der Waals surface area contributed by atoms with Gasteiger partial charge in [-0.05, 0) is 39.2 Å². The quantitative estimate of drug-likeness (QED) is 0.908. The Morgan fingerprint density at radius 1 is 1.55 bits per heavy atom. The van der Waals surface area contributed by atoms with Crippen LogP contribution in [0.5, 0.6) is 0 Å². The molecular formula is C17H23N3OS. The second-order valence-corrected chi connectivity index (χ2v) is 7.12. The number of amides is 1. The third-order valence-electron chi connectivity index (χ3n) is 4.88. The minimum absolute atomic E-state index is 0.0186. The van der Waals surface area contributed by atoms with E-state index >= 15 is 0 Å². The summed E-state index contributed by atoms with van der Waals surface area (Å²) < 4.78 is 0. The standard InChI is InChI=1S/C17H23N3OS/c1-13-15(22-12-19-13)17(7-3-2-4-8-17)9-11-20-10-5-6-14(20)16(18)21/h2-4,7,12,14H,5-6,8-11H2,1H3,(H2,18,21)/t14?,17-/m0/s1. The van der Waals surface area contributed by atoms with Gasteiger partial charge in [0, 0.05) is 16.8 Å². The SMILES string of the molecule is Cc1ncsc1[C@@]1(CCN2CCCC2C(N)=O)C=CC=CC1. The molecule has 2 N–H and O–H groups in total. The van der Waals surface area contributed by atoms with Gasteiger partial charge in [0.25, 0.3) is 0 Å². The van der Waals surface area contributed by atoms with Gasteiger partial charge in [-0.25, -0.2) is 4.98 Å². The van der Waals surface area contributed by atoms with Crippen LogP contribution in [0.1, 0.15) is 36.3 Å². The van der Waals surface area contributed by atoms with Crippen LogP contribution >= 0.6 is 11.3 Å². The van der Waals surface area contributed by atoms with Gasteiger partial charge in [0.05, 0.1) is 17.2 Å². The zero-order valence-corrected chi connectivity index (χ0v) is 13.8. The number of primary amides is 1. The Kier molecular flexibility index (Phi) is 4.45. The number of carbonyl (C=O) groups excluding carboxylic acids is 1. The zero-order chi connectivity index (χ0) is 15.6. The molecule has 0 spiro atoms. The van der Waals surface area contributed by atoms with Crippen LogP contribution in [0.3, 0.4) is 0 Å². The Morgan fingerprint density at radius 2 is 2.41 bits per heavy atom. The van der Waals surface area contributed by atoms with Crippen LogP contribution in [-0.4, -0.2) is 34.9 Å². The van der Waals surface area contributed by atoms with Crippen molar-refractivity contribution in [1.29, 1.82) is 0 Å². The normalized spacial score (nSPS) is 28.3. The number of thiazole rings is 1. The molecule has 0 radical (unpaired) electrons. The summed E-state index contributed by atoms with van der Waals surface area (Å²) in [5, 5.41) is 0. The van der Waals surface area contributed by atoms with Gasteiger partial charge in [-0.3, -0.25) is 9.69 Å². The highest BCUT2D eigenvalue weighted by molar-refractivity contribution is 7.10. The van der Waals surface area contributed by atoms with Crippen LogP contribution in [0, 0.1) is 6.92 Å². The van der Waals surface area contributed by atoms with Crippen molar-refractivity contribution in [2.24, 2.45) is 5.73 Å². The van der Waals surface area contributed by atoms with Crippen LogP contribution in [0.25, 0.3) is 0 Å². The summed E-state index contributed by atoms with van der Waals surface area (Å²) in [4.78, 5) is 19.6. The Morgan fingerprint density at radius 3 is 3.05 bits per heavy atom. The highest BCUT2D eigenvalue weighted by Crippen LogP contribution is 2.40. The first-order chi connectivity index (χ1) is 10.6. The summed E-state index contributed by atoms with van der Waals surface area (Å²) in [6.07, 6.45) is 12.8. The van der Waals surface area contributed by atoms with Gasteiger partial charge in [-0.15, -0.1) is 11.3 Å². The van der Waals surface area contributed by atoms with Crippen LogP contribution in [0.2, 0.25) is 0 Å². The summed E-state index contributed by atoms with van der Waals surface area (Å²) in [7, 11) is 0. The van der Waals surface area contributed by atoms with E-state index < -0.39 is 0 Å². The van der Waals surface area contributed by atoms with Crippen molar-refractivity contribution < 1.29 is 4.79 Å². The number of carbonyl (C=O) groups is 1. The van der Waals surface area contributed by atoms with Crippen molar-refractivity contribution in [3.05, 3.63) is 40.4 Å². The average Bonchev–Trinajstić information content (AvgIpc) is 3.15. The third kappa shape index (κ3) is 2.88. The van der Waals surface area contributed by atoms with Gasteiger partial charge in [0.15, 0.2) is 0 Å². The minimum Gasteiger partial charge on any atom is -0.368 e. The largest absolute Gasteiger partial charge is 0.368 e. The molecule has 118 valence electrons. The molecule has 1 aliphatic carbocycles. The lowest BCUT2D eigenvalue weighted by Crippen LogP contribution is -2.42.